The standard InChI is InChI=1S/C18H22ClN5O/c19-7-6-18(25)24-9-3-4-14(13-24)10-15-11-22-17(12-21-15)23-16-5-1-2-8-20-16/h1-2,5,8,11-12,14H,3-4,6-7,9-10,13H2,(H,20,22,23). The molecule has 132 valence electrons. The molecular formula is C18H22ClN5O. The fourth-order valence-electron chi connectivity index (χ4n) is 3.09. The van der Waals surface area contributed by atoms with Gasteiger partial charge in [0, 0.05) is 31.6 Å². The van der Waals surface area contributed by atoms with E-state index in [-0.39, 0.29) is 5.91 Å². The molecule has 1 unspecified atom stereocenters. The molecule has 0 aliphatic carbocycles. The van der Waals surface area contributed by atoms with Crippen molar-refractivity contribution in [3.63, 3.8) is 0 Å². The van der Waals surface area contributed by atoms with Gasteiger partial charge in [0.05, 0.1) is 18.1 Å². The van der Waals surface area contributed by atoms with Crippen molar-refractivity contribution in [2.24, 2.45) is 5.92 Å². The van der Waals surface area contributed by atoms with Gasteiger partial charge in [-0.15, -0.1) is 11.6 Å². The zero-order valence-electron chi connectivity index (χ0n) is 14.1. The number of halogens is 1. The van der Waals surface area contributed by atoms with Crippen LogP contribution in [0.25, 0.3) is 0 Å². The number of hydrogen-bond acceptors (Lipinski definition) is 5. The summed E-state index contributed by atoms with van der Waals surface area (Å²) < 4.78 is 0. The molecule has 1 fully saturated rings. The summed E-state index contributed by atoms with van der Waals surface area (Å²) >= 11 is 5.68. The number of pyridine rings is 1. The second-order valence-electron chi connectivity index (χ2n) is 6.22. The Bertz CT molecular complexity index is 680. The molecule has 1 amide bonds. The van der Waals surface area contributed by atoms with Crippen LogP contribution in [-0.2, 0) is 11.2 Å². The third kappa shape index (κ3) is 5.13. The number of piperidine rings is 1. The predicted octanol–water partition coefficient (Wildman–Crippen LogP) is 3.03. The maximum atomic E-state index is 12.0. The minimum absolute atomic E-state index is 0.153. The highest BCUT2D eigenvalue weighted by Gasteiger charge is 2.23. The summed E-state index contributed by atoms with van der Waals surface area (Å²) in [5.41, 5.74) is 0.947. The molecule has 1 aliphatic rings. The summed E-state index contributed by atoms with van der Waals surface area (Å²) in [6, 6.07) is 5.66. The highest BCUT2D eigenvalue weighted by molar-refractivity contribution is 6.18. The summed E-state index contributed by atoms with van der Waals surface area (Å²) in [5.74, 6) is 2.38. The van der Waals surface area contributed by atoms with Gasteiger partial charge in [-0.2, -0.15) is 0 Å². The Morgan fingerprint density at radius 1 is 1.24 bits per heavy atom. The van der Waals surface area contributed by atoms with E-state index in [0.717, 1.165) is 43.9 Å². The first-order valence-corrected chi connectivity index (χ1v) is 9.11. The molecular weight excluding hydrogens is 338 g/mol. The number of alkyl halides is 1. The second kappa shape index (κ2) is 8.76. The van der Waals surface area contributed by atoms with Crippen LogP contribution in [0.4, 0.5) is 11.6 Å². The van der Waals surface area contributed by atoms with Crippen LogP contribution in [0.15, 0.2) is 36.8 Å². The SMILES string of the molecule is O=C(CCCl)N1CCCC(Cc2cnc(Nc3ccccn3)cn2)C1. The first-order chi connectivity index (χ1) is 12.2. The van der Waals surface area contributed by atoms with E-state index < -0.39 is 0 Å². The van der Waals surface area contributed by atoms with Gasteiger partial charge in [0.1, 0.15) is 11.6 Å². The molecule has 1 aliphatic heterocycles. The molecule has 0 bridgehead atoms. The molecule has 0 radical (unpaired) electrons. The molecule has 2 aromatic heterocycles. The van der Waals surface area contributed by atoms with E-state index in [0.29, 0.717) is 24.0 Å². The van der Waals surface area contributed by atoms with E-state index in [4.69, 9.17) is 11.6 Å². The number of anilines is 2. The summed E-state index contributed by atoms with van der Waals surface area (Å²) in [6.45, 7) is 1.62. The second-order valence-corrected chi connectivity index (χ2v) is 6.60. The molecule has 0 saturated carbocycles. The Morgan fingerprint density at radius 2 is 2.16 bits per heavy atom. The summed E-state index contributed by atoms with van der Waals surface area (Å²) in [4.78, 5) is 27.1. The van der Waals surface area contributed by atoms with Crippen LogP contribution in [0.2, 0.25) is 0 Å². The third-order valence-electron chi connectivity index (χ3n) is 4.30. The molecule has 1 atom stereocenters. The molecule has 1 N–H and O–H groups in total. The van der Waals surface area contributed by atoms with Gasteiger partial charge in [0.2, 0.25) is 5.91 Å². The first-order valence-electron chi connectivity index (χ1n) is 8.57. The molecule has 2 aromatic rings. The van der Waals surface area contributed by atoms with Gasteiger partial charge in [0.25, 0.3) is 0 Å². The lowest BCUT2D eigenvalue weighted by atomic mass is 9.93. The van der Waals surface area contributed by atoms with Crippen LogP contribution in [0.3, 0.4) is 0 Å². The molecule has 3 heterocycles. The van der Waals surface area contributed by atoms with Crippen molar-refractivity contribution in [1.29, 1.82) is 0 Å². The van der Waals surface area contributed by atoms with Crippen molar-refractivity contribution in [2.75, 3.05) is 24.3 Å². The number of aromatic nitrogens is 3. The average molecular weight is 360 g/mol. The molecule has 7 heteroatoms. The van der Waals surface area contributed by atoms with Gasteiger partial charge in [-0.3, -0.25) is 9.78 Å². The van der Waals surface area contributed by atoms with E-state index in [1.807, 2.05) is 23.1 Å². The van der Waals surface area contributed by atoms with Crippen LogP contribution in [0, 0.1) is 5.92 Å². The number of rotatable bonds is 6. The quantitative estimate of drug-likeness (QED) is 0.803. The lowest BCUT2D eigenvalue weighted by Gasteiger charge is -2.32. The molecule has 0 aromatic carbocycles. The predicted molar refractivity (Wildman–Crippen MR) is 97.9 cm³/mol. The van der Waals surface area contributed by atoms with E-state index in [1.54, 1.807) is 18.6 Å². The van der Waals surface area contributed by atoms with Gasteiger partial charge in [0.15, 0.2) is 0 Å². The number of nitrogens with zero attached hydrogens (tertiary/aromatic N) is 4. The summed E-state index contributed by atoms with van der Waals surface area (Å²) in [6.07, 6.45) is 8.65. The minimum Gasteiger partial charge on any atom is -0.342 e. The summed E-state index contributed by atoms with van der Waals surface area (Å²) in [5, 5.41) is 3.12. The van der Waals surface area contributed by atoms with Crippen molar-refractivity contribution in [2.45, 2.75) is 25.7 Å². The number of amides is 1. The van der Waals surface area contributed by atoms with Crippen molar-refractivity contribution in [3.8, 4) is 0 Å². The minimum atomic E-state index is 0.153. The number of nitrogens with one attached hydrogen (secondary N) is 1. The zero-order valence-corrected chi connectivity index (χ0v) is 14.8. The molecule has 3 rings (SSSR count). The Balaban J connectivity index is 1.55. The molecule has 1 saturated heterocycles. The van der Waals surface area contributed by atoms with Gasteiger partial charge >= 0.3 is 0 Å². The lowest BCUT2D eigenvalue weighted by molar-refractivity contribution is -0.132. The fourth-order valence-corrected chi connectivity index (χ4v) is 3.25. The average Bonchev–Trinajstić information content (AvgIpc) is 2.65. The normalized spacial score (nSPS) is 17.3. The Kier molecular flexibility index (Phi) is 6.17. The van der Waals surface area contributed by atoms with Gasteiger partial charge in [-0.1, -0.05) is 6.07 Å². The Morgan fingerprint density at radius 3 is 2.88 bits per heavy atom. The van der Waals surface area contributed by atoms with Crippen molar-refractivity contribution < 1.29 is 4.79 Å². The topological polar surface area (TPSA) is 71.0 Å². The van der Waals surface area contributed by atoms with E-state index in [1.165, 1.54) is 0 Å². The van der Waals surface area contributed by atoms with Crippen LogP contribution in [0.1, 0.15) is 25.0 Å². The van der Waals surface area contributed by atoms with E-state index in [2.05, 4.69) is 20.3 Å². The Hall–Kier alpha value is -2.21. The number of hydrogen-bond donors (Lipinski definition) is 1. The monoisotopic (exact) mass is 359 g/mol. The van der Waals surface area contributed by atoms with Crippen LogP contribution in [-0.4, -0.2) is 44.7 Å². The van der Waals surface area contributed by atoms with Crippen LogP contribution in [0.5, 0.6) is 0 Å². The highest BCUT2D eigenvalue weighted by Crippen LogP contribution is 2.21. The summed E-state index contributed by atoms with van der Waals surface area (Å²) in [7, 11) is 0. The van der Waals surface area contributed by atoms with E-state index >= 15 is 0 Å². The first kappa shape index (κ1) is 17.6. The number of carbonyl (C=O) groups excluding carboxylic acids is 1. The van der Waals surface area contributed by atoms with E-state index in [9.17, 15) is 4.79 Å². The van der Waals surface area contributed by atoms with Crippen LogP contribution < -0.4 is 5.32 Å². The maximum absolute atomic E-state index is 12.0. The van der Waals surface area contributed by atoms with Gasteiger partial charge in [-0.05, 0) is 37.3 Å². The van der Waals surface area contributed by atoms with Gasteiger partial charge in [-0.25, -0.2) is 9.97 Å². The van der Waals surface area contributed by atoms with Crippen molar-refractivity contribution in [1.82, 2.24) is 19.9 Å². The zero-order chi connectivity index (χ0) is 17.5. The maximum Gasteiger partial charge on any atom is 0.223 e. The fraction of sp³-hybridized carbons (Fsp3) is 0.444. The molecule has 25 heavy (non-hydrogen) atoms. The third-order valence-corrected chi connectivity index (χ3v) is 4.49. The van der Waals surface area contributed by atoms with Crippen LogP contribution >= 0.6 is 11.6 Å². The van der Waals surface area contributed by atoms with Gasteiger partial charge < -0.3 is 10.2 Å². The molecule has 0 spiro atoms. The number of likely N-dealkylation sites (tertiary alicyclic amines) is 1. The highest BCUT2D eigenvalue weighted by atomic mass is 35.5. The Labute approximate surface area is 152 Å². The number of carbonyl (C=O) groups is 1. The van der Waals surface area contributed by atoms with Crippen molar-refractivity contribution >= 4 is 29.1 Å². The largest absolute Gasteiger partial charge is 0.342 e. The molecule has 6 nitrogen and oxygen atoms in total. The smallest absolute Gasteiger partial charge is 0.223 e. The lowest BCUT2D eigenvalue weighted by Crippen LogP contribution is -2.40. The van der Waals surface area contributed by atoms with Crippen molar-refractivity contribution in [3.05, 3.63) is 42.5 Å².